The predicted molar refractivity (Wildman–Crippen MR) is 166 cm³/mol. The molecule has 8 rings (SSSR count). The lowest BCUT2D eigenvalue weighted by Crippen LogP contribution is -2.46. The van der Waals surface area contributed by atoms with E-state index in [-0.39, 0.29) is 70.8 Å². The Labute approximate surface area is 265 Å². The first-order valence-corrected chi connectivity index (χ1v) is 15.4. The van der Waals surface area contributed by atoms with Crippen LogP contribution < -0.4 is 15.4 Å². The van der Waals surface area contributed by atoms with Crippen molar-refractivity contribution in [2.45, 2.75) is 56.2 Å². The second-order valence-corrected chi connectivity index (χ2v) is 12.6. The summed E-state index contributed by atoms with van der Waals surface area (Å²) in [5, 5.41) is 0.818. The summed E-state index contributed by atoms with van der Waals surface area (Å²) in [6.45, 7) is 0.422. The summed E-state index contributed by atoms with van der Waals surface area (Å²) in [5.41, 5.74) is 4.64. The second kappa shape index (κ2) is 10.7. The smallest absolute Gasteiger partial charge is 0.319 e. The Bertz CT molecular complexity index is 2030. The first kappa shape index (κ1) is 27.0. The van der Waals surface area contributed by atoms with E-state index in [1.54, 1.807) is 22.8 Å². The highest BCUT2D eigenvalue weighted by Gasteiger charge is 2.57. The van der Waals surface area contributed by atoms with Gasteiger partial charge in [-0.15, -0.1) is 6.42 Å². The van der Waals surface area contributed by atoms with Gasteiger partial charge in [0.2, 0.25) is 0 Å². The third-order valence-corrected chi connectivity index (χ3v) is 10.0. The molecule has 0 unspecified atom stereocenters. The number of ether oxygens (including phenoxy) is 2. The van der Waals surface area contributed by atoms with Crippen LogP contribution in [-0.4, -0.2) is 82.7 Å². The lowest BCUT2D eigenvalue weighted by atomic mass is 9.94. The van der Waals surface area contributed by atoms with Crippen LogP contribution in [-0.2, 0) is 4.74 Å². The fourth-order valence-electron chi connectivity index (χ4n) is 7.65. The van der Waals surface area contributed by atoms with Crippen LogP contribution in [0.4, 0.5) is 29.1 Å². The standard InChI is InChI=1S/C34H32F4N6O2/c1-3-20-24(35)6-5-18-11-19(39)12-21(26(18)20)29-28(38)30-22(14-40-29)32(43-9-10-45-15-23-27(37)31(23)43)42-33(41-30)46-16-34-7-4-8-44(34)17(2)25(36)13-34/h1,5-6,11-12,14,17,23,25,27,31H,4,7-10,13,15-16,39H2,2H3/t17-,23-,25+,27-,31-,34-/m0/s1/i16D2. The van der Waals surface area contributed by atoms with Gasteiger partial charge in [-0.25, -0.2) is 17.6 Å². The first-order valence-electron chi connectivity index (χ1n) is 16.4. The van der Waals surface area contributed by atoms with E-state index in [9.17, 15) is 4.39 Å². The van der Waals surface area contributed by atoms with Crippen molar-refractivity contribution in [1.82, 2.24) is 19.9 Å². The lowest BCUT2D eigenvalue weighted by molar-refractivity contribution is 0.0879. The lowest BCUT2D eigenvalue weighted by Gasteiger charge is -2.33. The van der Waals surface area contributed by atoms with Crippen molar-refractivity contribution in [2.24, 2.45) is 5.92 Å². The van der Waals surface area contributed by atoms with E-state index in [1.807, 2.05) is 0 Å². The van der Waals surface area contributed by atoms with Crippen LogP contribution in [0.3, 0.4) is 0 Å². The average Bonchev–Trinajstić information content (AvgIpc) is 3.45. The van der Waals surface area contributed by atoms with Crippen LogP contribution in [0.15, 0.2) is 30.5 Å². The first-order chi connectivity index (χ1) is 23.0. The highest BCUT2D eigenvalue weighted by Crippen LogP contribution is 2.46. The summed E-state index contributed by atoms with van der Waals surface area (Å²) >= 11 is 0. The quantitative estimate of drug-likeness (QED) is 0.182. The van der Waals surface area contributed by atoms with E-state index in [4.69, 9.17) is 24.4 Å². The molecule has 2 aromatic carbocycles. The maximum atomic E-state index is 16.9. The zero-order valence-electron chi connectivity index (χ0n) is 26.9. The van der Waals surface area contributed by atoms with E-state index in [2.05, 4.69) is 20.9 Å². The second-order valence-electron chi connectivity index (χ2n) is 12.6. The van der Waals surface area contributed by atoms with Gasteiger partial charge < -0.3 is 20.1 Å². The minimum absolute atomic E-state index is 0.0860. The minimum Gasteiger partial charge on any atom is -0.461 e. The molecule has 12 heteroatoms. The number of fused-ring (bicyclic) bond motifs is 4. The van der Waals surface area contributed by atoms with Gasteiger partial charge >= 0.3 is 6.01 Å². The number of halogens is 4. The molecule has 4 aromatic rings. The molecule has 3 aliphatic heterocycles. The molecule has 2 N–H and O–H groups in total. The van der Waals surface area contributed by atoms with Crippen LogP contribution in [0, 0.1) is 29.9 Å². The third kappa shape index (κ3) is 4.39. The molecule has 238 valence electrons. The number of hydrogen-bond donors (Lipinski definition) is 1. The number of anilines is 2. The summed E-state index contributed by atoms with van der Waals surface area (Å²) in [6, 6.07) is 4.10. The molecule has 46 heavy (non-hydrogen) atoms. The van der Waals surface area contributed by atoms with Crippen molar-refractivity contribution in [1.29, 1.82) is 0 Å². The molecule has 3 saturated heterocycles. The molecule has 0 bridgehead atoms. The van der Waals surface area contributed by atoms with Crippen molar-refractivity contribution in [3.63, 3.8) is 0 Å². The Morgan fingerprint density at radius 3 is 2.91 bits per heavy atom. The van der Waals surface area contributed by atoms with Gasteiger partial charge in [0.25, 0.3) is 0 Å². The summed E-state index contributed by atoms with van der Waals surface area (Å²) in [5.74, 6) is 0.389. The molecule has 4 aliphatic rings. The maximum absolute atomic E-state index is 16.9. The van der Waals surface area contributed by atoms with E-state index in [0.717, 1.165) is 0 Å². The van der Waals surface area contributed by atoms with Gasteiger partial charge in [0, 0.05) is 47.8 Å². The molecule has 0 amide bonds. The van der Waals surface area contributed by atoms with Gasteiger partial charge in [-0.1, -0.05) is 12.0 Å². The Balaban J connectivity index is 1.32. The SMILES string of the molecule is [2H]C([2H])(Oc1nc(N2CCOC[C@H]3[C@H](F)[C@H]32)c2cnc(-c3cc(N)cc4ccc(F)c(C#C)c34)c(F)c2n1)[C@@]12CCCN1[C@@H](C)[C@H](F)C2. The number of hydrogen-bond acceptors (Lipinski definition) is 8. The molecule has 0 spiro atoms. The summed E-state index contributed by atoms with van der Waals surface area (Å²) < 4.78 is 91.6. The van der Waals surface area contributed by atoms with Crippen molar-refractivity contribution in [3.05, 3.63) is 47.7 Å². The molecule has 0 radical (unpaired) electrons. The number of nitrogens with two attached hydrogens (primary N) is 1. The highest BCUT2D eigenvalue weighted by molar-refractivity contribution is 6.03. The summed E-state index contributed by atoms with van der Waals surface area (Å²) in [4.78, 5) is 16.8. The number of nitrogens with zero attached hydrogens (tertiary/aromatic N) is 5. The fraction of sp³-hybridized carbons (Fsp3) is 0.441. The summed E-state index contributed by atoms with van der Waals surface area (Å²) in [6.07, 6.45) is 5.45. The van der Waals surface area contributed by atoms with Gasteiger partial charge in [0.15, 0.2) is 5.82 Å². The van der Waals surface area contributed by atoms with Crippen LogP contribution in [0.5, 0.6) is 6.01 Å². The largest absolute Gasteiger partial charge is 0.461 e. The number of nitrogen functional groups attached to an aromatic ring is 1. The van der Waals surface area contributed by atoms with Crippen LogP contribution in [0.2, 0.25) is 0 Å². The van der Waals surface area contributed by atoms with Crippen molar-refractivity contribution >= 4 is 33.2 Å². The average molecular weight is 635 g/mol. The van der Waals surface area contributed by atoms with Crippen LogP contribution in [0.25, 0.3) is 32.9 Å². The van der Waals surface area contributed by atoms with Crippen LogP contribution >= 0.6 is 0 Å². The van der Waals surface area contributed by atoms with Crippen molar-refractivity contribution in [3.8, 4) is 29.6 Å². The minimum atomic E-state index is -2.48. The molecule has 1 saturated carbocycles. The van der Waals surface area contributed by atoms with E-state index in [1.165, 1.54) is 24.4 Å². The number of aromatic nitrogens is 3. The van der Waals surface area contributed by atoms with Crippen LogP contribution in [0.1, 0.15) is 34.5 Å². The van der Waals surface area contributed by atoms with Crippen molar-refractivity contribution < 1.29 is 29.8 Å². The molecule has 8 nitrogen and oxygen atoms in total. The van der Waals surface area contributed by atoms with Gasteiger partial charge in [-0.05, 0) is 49.9 Å². The predicted octanol–water partition coefficient (Wildman–Crippen LogP) is 5.20. The summed E-state index contributed by atoms with van der Waals surface area (Å²) in [7, 11) is 0. The molecule has 2 aromatic heterocycles. The van der Waals surface area contributed by atoms with E-state index >= 15 is 13.2 Å². The normalized spacial score (nSPS) is 30.0. The monoisotopic (exact) mass is 634 g/mol. The Hall–Kier alpha value is -4.21. The Morgan fingerprint density at radius 2 is 2.09 bits per heavy atom. The Kier molecular flexibility index (Phi) is 6.25. The Morgan fingerprint density at radius 1 is 1.24 bits per heavy atom. The molecule has 5 heterocycles. The molecule has 1 aliphatic carbocycles. The molecular formula is C34H32F4N6O2. The number of benzene rings is 2. The molecular weight excluding hydrogens is 600 g/mol. The number of pyridine rings is 1. The molecule has 4 fully saturated rings. The van der Waals surface area contributed by atoms with Gasteiger partial charge in [0.05, 0.1) is 38.5 Å². The fourth-order valence-corrected chi connectivity index (χ4v) is 7.65. The zero-order valence-corrected chi connectivity index (χ0v) is 24.9. The molecule has 6 atom stereocenters. The third-order valence-electron chi connectivity index (χ3n) is 10.0. The topological polar surface area (TPSA) is 89.6 Å². The number of terminal acetylenes is 1. The van der Waals surface area contributed by atoms with Crippen molar-refractivity contribution in [2.75, 3.05) is 43.5 Å². The van der Waals surface area contributed by atoms with Gasteiger partial charge in [-0.3, -0.25) is 9.88 Å². The highest BCUT2D eigenvalue weighted by atomic mass is 19.1. The maximum Gasteiger partial charge on any atom is 0.319 e. The van der Waals surface area contributed by atoms with E-state index < -0.39 is 60.1 Å². The van der Waals surface area contributed by atoms with Gasteiger partial charge in [0.1, 0.15) is 41.7 Å². The number of rotatable bonds is 5. The van der Waals surface area contributed by atoms with Gasteiger partial charge in [-0.2, -0.15) is 9.97 Å². The number of alkyl halides is 2. The zero-order chi connectivity index (χ0) is 33.7. The van der Waals surface area contributed by atoms with E-state index in [0.29, 0.717) is 24.8 Å².